The molecule has 0 unspecified atom stereocenters. The van der Waals surface area contributed by atoms with Gasteiger partial charge < -0.3 is 4.90 Å². The zero-order valence-electron chi connectivity index (χ0n) is 11.0. The molecule has 2 aromatic rings. The lowest BCUT2D eigenvalue weighted by atomic mass is 10.1. The number of hydrogen-bond acceptors (Lipinski definition) is 3. The van der Waals surface area contributed by atoms with Crippen LogP contribution in [0, 0.1) is 0 Å². The summed E-state index contributed by atoms with van der Waals surface area (Å²) in [4.78, 5) is 18.1. The molecule has 0 bridgehead atoms. The number of carbonyl (C=O) groups is 1. The molecule has 3 rings (SSSR count). The summed E-state index contributed by atoms with van der Waals surface area (Å²) < 4.78 is 0. The summed E-state index contributed by atoms with van der Waals surface area (Å²) in [6.07, 6.45) is 4.29. The predicted octanol–water partition coefficient (Wildman–Crippen LogP) is 2.44. The molecule has 1 fully saturated rings. The molecule has 0 spiro atoms. The number of Topliss-reactive ketones (excluding diaryl/α,β-unsaturated/α-hetero) is 1. The van der Waals surface area contributed by atoms with Crippen LogP contribution in [-0.4, -0.2) is 35.3 Å². The van der Waals surface area contributed by atoms with Crippen molar-refractivity contribution in [2.75, 3.05) is 19.6 Å². The first-order valence-electron chi connectivity index (χ1n) is 6.89. The van der Waals surface area contributed by atoms with E-state index in [2.05, 4.69) is 34.1 Å². The number of fused-ring (bicyclic) bond motifs is 1. The fourth-order valence-corrected chi connectivity index (χ4v) is 2.67. The molecule has 3 nitrogen and oxygen atoms in total. The number of carbonyl (C=O) groups excluding carboxylic acids is 1. The van der Waals surface area contributed by atoms with Gasteiger partial charge in [0.15, 0.2) is 0 Å². The van der Waals surface area contributed by atoms with E-state index in [4.69, 9.17) is 0 Å². The number of benzene rings is 1. The first kappa shape index (κ1) is 12.3. The van der Waals surface area contributed by atoms with Gasteiger partial charge in [0, 0.05) is 44.1 Å². The SMILES string of the molecule is O=C1CCN(CCc2cccc3cccnc23)CC1. The lowest BCUT2D eigenvalue weighted by Crippen LogP contribution is -2.35. The summed E-state index contributed by atoms with van der Waals surface area (Å²) in [5.74, 6) is 0.406. The van der Waals surface area contributed by atoms with Crippen molar-refractivity contribution < 1.29 is 4.79 Å². The van der Waals surface area contributed by atoms with E-state index in [-0.39, 0.29) is 0 Å². The van der Waals surface area contributed by atoms with Crippen LogP contribution in [0.25, 0.3) is 10.9 Å². The smallest absolute Gasteiger partial charge is 0.135 e. The maximum Gasteiger partial charge on any atom is 0.135 e. The Labute approximate surface area is 113 Å². The van der Waals surface area contributed by atoms with Crippen LogP contribution in [0.15, 0.2) is 36.5 Å². The van der Waals surface area contributed by atoms with Crippen molar-refractivity contribution in [2.24, 2.45) is 0 Å². The lowest BCUT2D eigenvalue weighted by molar-refractivity contribution is -0.121. The quantitative estimate of drug-likeness (QED) is 0.843. The van der Waals surface area contributed by atoms with Gasteiger partial charge in [-0.2, -0.15) is 0 Å². The molecular formula is C16H18N2O. The van der Waals surface area contributed by atoms with Crippen LogP contribution in [0.4, 0.5) is 0 Å². The van der Waals surface area contributed by atoms with Crippen LogP contribution in [0.5, 0.6) is 0 Å². The summed E-state index contributed by atoms with van der Waals surface area (Å²) >= 11 is 0. The molecule has 3 heteroatoms. The zero-order chi connectivity index (χ0) is 13.1. The molecule has 1 aliphatic rings. The second-order valence-corrected chi connectivity index (χ2v) is 5.12. The van der Waals surface area contributed by atoms with Gasteiger partial charge in [-0.1, -0.05) is 24.3 Å². The Morgan fingerprint density at radius 3 is 2.74 bits per heavy atom. The van der Waals surface area contributed by atoms with Crippen LogP contribution in [-0.2, 0) is 11.2 Å². The standard InChI is InChI=1S/C16H18N2O/c19-15-7-11-18(12-8-15)10-6-14-4-1-3-13-5-2-9-17-16(13)14/h1-5,9H,6-8,10-12H2. The Bertz CT molecular complexity index is 579. The molecule has 1 saturated heterocycles. The van der Waals surface area contributed by atoms with Crippen LogP contribution in [0.2, 0.25) is 0 Å². The molecular weight excluding hydrogens is 236 g/mol. The molecule has 0 N–H and O–H groups in total. The molecule has 1 aliphatic heterocycles. The lowest BCUT2D eigenvalue weighted by Gasteiger charge is -2.25. The number of pyridine rings is 1. The number of para-hydroxylation sites is 1. The maximum absolute atomic E-state index is 11.2. The number of hydrogen-bond donors (Lipinski definition) is 0. The summed E-state index contributed by atoms with van der Waals surface area (Å²) in [5.41, 5.74) is 2.41. The van der Waals surface area contributed by atoms with Gasteiger partial charge in [0.2, 0.25) is 0 Å². The van der Waals surface area contributed by atoms with Gasteiger partial charge >= 0.3 is 0 Å². The average Bonchev–Trinajstić information content (AvgIpc) is 2.47. The van der Waals surface area contributed by atoms with E-state index in [0.29, 0.717) is 18.6 Å². The second kappa shape index (κ2) is 5.49. The van der Waals surface area contributed by atoms with Crippen molar-refractivity contribution in [3.8, 4) is 0 Å². The van der Waals surface area contributed by atoms with Crippen molar-refractivity contribution >= 4 is 16.7 Å². The van der Waals surface area contributed by atoms with Gasteiger partial charge in [-0.05, 0) is 18.1 Å². The summed E-state index contributed by atoms with van der Waals surface area (Å²) in [6.45, 7) is 2.84. The molecule has 1 aromatic carbocycles. The summed E-state index contributed by atoms with van der Waals surface area (Å²) in [6, 6.07) is 10.4. The third-order valence-corrected chi connectivity index (χ3v) is 3.83. The normalized spacial score (nSPS) is 16.9. The monoisotopic (exact) mass is 254 g/mol. The largest absolute Gasteiger partial charge is 0.302 e. The molecule has 19 heavy (non-hydrogen) atoms. The number of nitrogens with zero attached hydrogens (tertiary/aromatic N) is 2. The highest BCUT2D eigenvalue weighted by Gasteiger charge is 2.15. The summed E-state index contributed by atoms with van der Waals surface area (Å²) in [5, 5.41) is 1.20. The Morgan fingerprint density at radius 1 is 1.11 bits per heavy atom. The molecule has 0 saturated carbocycles. The number of likely N-dealkylation sites (tertiary alicyclic amines) is 1. The van der Waals surface area contributed by atoms with Gasteiger partial charge in [-0.3, -0.25) is 9.78 Å². The van der Waals surface area contributed by atoms with Crippen LogP contribution in [0.1, 0.15) is 18.4 Å². The van der Waals surface area contributed by atoms with Crippen molar-refractivity contribution in [3.63, 3.8) is 0 Å². The van der Waals surface area contributed by atoms with E-state index in [1.54, 1.807) is 0 Å². The maximum atomic E-state index is 11.2. The van der Waals surface area contributed by atoms with E-state index >= 15 is 0 Å². The first-order valence-corrected chi connectivity index (χ1v) is 6.89. The van der Waals surface area contributed by atoms with Crippen molar-refractivity contribution in [1.29, 1.82) is 0 Å². The molecule has 0 aliphatic carbocycles. The molecule has 98 valence electrons. The summed E-state index contributed by atoms with van der Waals surface area (Å²) in [7, 11) is 0. The predicted molar refractivity (Wildman–Crippen MR) is 76.1 cm³/mol. The van der Waals surface area contributed by atoms with Crippen LogP contribution in [0.3, 0.4) is 0 Å². The Kier molecular flexibility index (Phi) is 3.56. The van der Waals surface area contributed by atoms with Gasteiger partial charge in [0.25, 0.3) is 0 Å². The van der Waals surface area contributed by atoms with Gasteiger partial charge in [-0.15, -0.1) is 0 Å². The number of ketones is 1. The molecule has 2 heterocycles. The Hall–Kier alpha value is -1.74. The number of rotatable bonds is 3. The van der Waals surface area contributed by atoms with Crippen LogP contribution >= 0.6 is 0 Å². The highest BCUT2D eigenvalue weighted by molar-refractivity contribution is 5.81. The van der Waals surface area contributed by atoms with Gasteiger partial charge in [-0.25, -0.2) is 0 Å². The zero-order valence-corrected chi connectivity index (χ0v) is 11.0. The Balaban J connectivity index is 1.70. The van der Waals surface area contributed by atoms with Gasteiger partial charge in [0.05, 0.1) is 5.52 Å². The van der Waals surface area contributed by atoms with Crippen molar-refractivity contribution in [1.82, 2.24) is 9.88 Å². The fraction of sp³-hybridized carbons (Fsp3) is 0.375. The minimum Gasteiger partial charge on any atom is -0.302 e. The minimum atomic E-state index is 0.406. The van der Waals surface area contributed by atoms with Crippen molar-refractivity contribution in [2.45, 2.75) is 19.3 Å². The number of piperidine rings is 1. The van der Waals surface area contributed by atoms with E-state index in [1.165, 1.54) is 10.9 Å². The van der Waals surface area contributed by atoms with E-state index in [0.717, 1.165) is 31.6 Å². The van der Waals surface area contributed by atoms with E-state index in [1.807, 2.05) is 12.3 Å². The third kappa shape index (κ3) is 2.82. The Morgan fingerprint density at radius 2 is 1.89 bits per heavy atom. The van der Waals surface area contributed by atoms with Crippen LogP contribution < -0.4 is 0 Å². The van der Waals surface area contributed by atoms with E-state index < -0.39 is 0 Å². The highest BCUT2D eigenvalue weighted by atomic mass is 16.1. The minimum absolute atomic E-state index is 0.406. The van der Waals surface area contributed by atoms with E-state index in [9.17, 15) is 4.79 Å². The van der Waals surface area contributed by atoms with Crippen molar-refractivity contribution in [3.05, 3.63) is 42.1 Å². The second-order valence-electron chi connectivity index (χ2n) is 5.12. The van der Waals surface area contributed by atoms with Gasteiger partial charge in [0.1, 0.15) is 5.78 Å². The third-order valence-electron chi connectivity index (χ3n) is 3.83. The highest BCUT2D eigenvalue weighted by Crippen LogP contribution is 2.17. The topological polar surface area (TPSA) is 33.2 Å². The fourth-order valence-electron chi connectivity index (χ4n) is 2.67. The molecule has 0 radical (unpaired) electrons. The first-order chi connectivity index (χ1) is 9.33. The number of aromatic nitrogens is 1. The molecule has 0 atom stereocenters. The molecule has 0 amide bonds. The molecule has 1 aromatic heterocycles. The average molecular weight is 254 g/mol.